The molecule has 0 bridgehead atoms. The molecule has 0 saturated carbocycles. The van der Waals surface area contributed by atoms with Gasteiger partial charge in [0.15, 0.2) is 0 Å². The van der Waals surface area contributed by atoms with Crippen LogP contribution in [0.2, 0.25) is 0 Å². The highest BCUT2D eigenvalue weighted by Gasteiger charge is 2.35. The summed E-state index contributed by atoms with van der Waals surface area (Å²) in [6.45, 7) is 2.52. The van der Waals surface area contributed by atoms with Crippen molar-refractivity contribution in [3.05, 3.63) is 0 Å². The van der Waals surface area contributed by atoms with E-state index in [0.29, 0.717) is 18.0 Å². The highest BCUT2D eigenvalue weighted by Crippen LogP contribution is 2.13. The van der Waals surface area contributed by atoms with Gasteiger partial charge in [-0.2, -0.15) is 0 Å². The van der Waals surface area contributed by atoms with E-state index in [1.165, 1.54) is 21.3 Å². The molecule has 1 aromatic rings. The number of nitrogens with one attached hydrogen (secondary N) is 1. The Bertz CT molecular complexity index is 649. The molecule has 2 rings (SSSR count). The van der Waals surface area contributed by atoms with Gasteiger partial charge in [0.2, 0.25) is 5.16 Å². The van der Waals surface area contributed by atoms with Crippen molar-refractivity contribution >= 4 is 35.9 Å². The van der Waals surface area contributed by atoms with Gasteiger partial charge in [0, 0.05) is 32.4 Å². The molecular formula is C12H17N7O4S. The summed E-state index contributed by atoms with van der Waals surface area (Å²) < 4.78 is 1.43. The molecule has 24 heavy (non-hydrogen) atoms. The number of amides is 4. The van der Waals surface area contributed by atoms with Gasteiger partial charge in [0.1, 0.15) is 6.29 Å². The number of likely N-dealkylation sites (N-methyl/N-ethyl adjacent to an activating group) is 1. The number of piperazine rings is 1. The number of urea groups is 1. The average Bonchev–Trinajstić information content (AvgIpc) is 2.98. The Hall–Kier alpha value is -2.50. The second-order valence-corrected chi connectivity index (χ2v) is 5.92. The fourth-order valence-electron chi connectivity index (χ4n) is 2.03. The van der Waals surface area contributed by atoms with Crippen LogP contribution >= 0.6 is 11.8 Å². The first kappa shape index (κ1) is 17.8. The summed E-state index contributed by atoms with van der Waals surface area (Å²) in [5, 5.41) is 13.8. The molecule has 1 saturated heterocycles. The Kier molecular flexibility index (Phi) is 5.84. The summed E-state index contributed by atoms with van der Waals surface area (Å²) in [7, 11) is 1.65. The van der Waals surface area contributed by atoms with Crippen LogP contribution in [0.1, 0.15) is 6.92 Å². The fourth-order valence-corrected chi connectivity index (χ4v) is 2.84. The fraction of sp³-hybridized carbons (Fsp3) is 0.583. The molecule has 12 heteroatoms. The summed E-state index contributed by atoms with van der Waals surface area (Å²) >= 11 is 1.18. The maximum absolute atomic E-state index is 12.2. The van der Waals surface area contributed by atoms with Crippen LogP contribution in [0.25, 0.3) is 0 Å². The number of aryl methyl sites for hydroxylation is 1. The molecule has 0 spiro atoms. The summed E-state index contributed by atoms with van der Waals surface area (Å²) in [5.74, 6) is -1.42. The SMILES string of the molecule is CCN1CCN(C(=O)NC(C=O)CSc2nnnn2C)C(=O)C1=O. The third-order valence-corrected chi connectivity index (χ3v) is 4.51. The highest BCUT2D eigenvalue weighted by molar-refractivity contribution is 7.99. The Morgan fingerprint density at radius 1 is 1.38 bits per heavy atom. The lowest BCUT2D eigenvalue weighted by Gasteiger charge is -2.32. The molecule has 1 aliphatic heterocycles. The molecule has 0 aromatic carbocycles. The number of tetrazole rings is 1. The smallest absolute Gasteiger partial charge is 0.325 e. The maximum Gasteiger partial charge on any atom is 0.325 e. The van der Waals surface area contributed by atoms with Gasteiger partial charge in [-0.25, -0.2) is 9.48 Å². The van der Waals surface area contributed by atoms with E-state index in [9.17, 15) is 19.2 Å². The molecule has 1 aliphatic rings. The second kappa shape index (κ2) is 7.86. The predicted molar refractivity (Wildman–Crippen MR) is 81.9 cm³/mol. The van der Waals surface area contributed by atoms with Crippen molar-refractivity contribution < 1.29 is 19.2 Å². The number of carbonyl (C=O) groups excluding carboxylic acids is 4. The van der Waals surface area contributed by atoms with Gasteiger partial charge in [-0.05, 0) is 17.4 Å². The molecular weight excluding hydrogens is 338 g/mol. The van der Waals surface area contributed by atoms with Crippen LogP contribution in [0.4, 0.5) is 4.79 Å². The van der Waals surface area contributed by atoms with Crippen LogP contribution in [0.15, 0.2) is 5.16 Å². The quantitative estimate of drug-likeness (QED) is 0.362. The number of imide groups is 1. The van der Waals surface area contributed by atoms with Crippen LogP contribution in [0.3, 0.4) is 0 Å². The van der Waals surface area contributed by atoms with Gasteiger partial charge in [-0.1, -0.05) is 11.8 Å². The highest BCUT2D eigenvalue weighted by atomic mass is 32.2. The normalized spacial score (nSPS) is 16.2. The Labute approximate surface area is 141 Å². The zero-order valence-electron chi connectivity index (χ0n) is 13.2. The van der Waals surface area contributed by atoms with E-state index >= 15 is 0 Å². The third-order valence-electron chi connectivity index (χ3n) is 3.38. The number of rotatable bonds is 6. The molecule has 11 nitrogen and oxygen atoms in total. The third kappa shape index (κ3) is 3.88. The zero-order valence-corrected chi connectivity index (χ0v) is 14.0. The van der Waals surface area contributed by atoms with Gasteiger partial charge < -0.3 is 15.0 Å². The molecule has 1 N–H and O–H groups in total. The Morgan fingerprint density at radius 2 is 2.12 bits per heavy atom. The molecule has 1 fully saturated rings. The number of carbonyl (C=O) groups is 4. The minimum Gasteiger partial charge on any atom is -0.333 e. The monoisotopic (exact) mass is 355 g/mol. The van der Waals surface area contributed by atoms with E-state index in [1.54, 1.807) is 14.0 Å². The van der Waals surface area contributed by atoms with Crippen molar-refractivity contribution in [2.75, 3.05) is 25.4 Å². The molecule has 0 aliphatic carbocycles. The number of hydrogen-bond acceptors (Lipinski definition) is 8. The van der Waals surface area contributed by atoms with Gasteiger partial charge in [0.25, 0.3) is 0 Å². The topological polar surface area (TPSA) is 130 Å². The van der Waals surface area contributed by atoms with Crippen molar-refractivity contribution in [3.8, 4) is 0 Å². The molecule has 130 valence electrons. The largest absolute Gasteiger partial charge is 0.333 e. The molecule has 1 atom stereocenters. The number of aldehydes is 1. The number of aromatic nitrogens is 4. The number of thioether (sulfide) groups is 1. The van der Waals surface area contributed by atoms with Gasteiger partial charge in [-0.3, -0.25) is 14.5 Å². The lowest BCUT2D eigenvalue weighted by Crippen LogP contribution is -2.59. The van der Waals surface area contributed by atoms with Crippen molar-refractivity contribution in [2.24, 2.45) is 7.05 Å². The summed E-state index contributed by atoms with van der Waals surface area (Å²) in [5.41, 5.74) is 0. The summed E-state index contributed by atoms with van der Waals surface area (Å²) in [4.78, 5) is 49.2. The van der Waals surface area contributed by atoms with Crippen LogP contribution < -0.4 is 5.32 Å². The van der Waals surface area contributed by atoms with E-state index in [-0.39, 0.29) is 18.8 Å². The summed E-state index contributed by atoms with van der Waals surface area (Å²) in [6, 6.07) is -1.61. The lowest BCUT2D eigenvalue weighted by molar-refractivity contribution is -0.153. The first-order valence-electron chi connectivity index (χ1n) is 7.19. The van der Waals surface area contributed by atoms with Crippen LogP contribution in [0, 0.1) is 0 Å². The van der Waals surface area contributed by atoms with Crippen LogP contribution in [-0.4, -0.2) is 85.6 Å². The van der Waals surface area contributed by atoms with E-state index in [1.807, 2.05) is 0 Å². The Balaban J connectivity index is 1.92. The minimum atomic E-state index is -0.893. The second-order valence-electron chi connectivity index (χ2n) is 4.93. The number of nitrogens with zero attached hydrogens (tertiary/aromatic N) is 6. The van der Waals surface area contributed by atoms with E-state index in [2.05, 4.69) is 20.8 Å². The Morgan fingerprint density at radius 3 is 2.71 bits per heavy atom. The van der Waals surface area contributed by atoms with Crippen molar-refractivity contribution in [1.82, 2.24) is 35.3 Å². The summed E-state index contributed by atoms with van der Waals surface area (Å²) in [6.07, 6.45) is 0.559. The average molecular weight is 355 g/mol. The zero-order chi connectivity index (χ0) is 17.7. The maximum atomic E-state index is 12.2. The van der Waals surface area contributed by atoms with Crippen molar-refractivity contribution in [2.45, 2.75) is 18.1 Å². The molecule has 4 amide bonds. The first-order valence-corrected chi connectivity index (χ1v) is 8.18. The predicted octanol–water partition coefficient (Wildman–Crippen LogP) is -1.73. The minimum absolute atomic E-state index is 0.0934. The first-order chi connectivity index (χ1) is 11.5. The van der Waals surface area contributed by atoms with E-state index in [0.717, 1.165) is 4.90 Å². The van der Waals surface area contributed by atoms with Crippen molar-refractivity contribution in [3.63, 3.8) is 0 Å². The van der Waals surface area contributed by atoms with E-state index < -0.39 is 23.9 Å². The van der Waals surface area contributed by atoms with Gasteiger partial charge >= 0.3 is 17.8 Å². The molecule has 1 unspecified atom stereocenters. The molecule has 0 radical (unpaired) electrons. The van der Waals surface area contributed by atoms with Crippen LogP contribution in [-0.2, 0) is 21.4 Å². The lowest BCUT2D eigenvalue weighted by atomic mass is 10.3. The van der Waals surface area contributed by atoms with E-state index in [4.69, 9.17) is 0 Å². The standard InChI is InChI=1S/C12H17N7O4S/c1-3-18-4-5-19(10(22)9(18)21)11(23)13-8(6-20)7-24-12-14-15-16-17(12)2/h6,8H,3-5,7H2,1-2H3,(H,13,23). The van der Waals surface area contributed by atoms with Gasteiger partial charge in [-0.15, -0.1) is 5.10 Å². The van der Waals surface area contributed by atoms with Crippen molar-refractivity contribution in [1.29, 1.82) is 0 Å². The molecule has 1 aromatic heterocycles. The van der Waals surface area contributed by atoms with Gasteiger partial charge in [0.05, 0.1) is 6.04 Å². The van der Waals surface area contributed by atoms with Crippen LogP contribution in [0.5, 0.6) is 0 Å². The molecule has 2 heterocycles. The number of hydrogen-bond donors (Lipinski definition) is 1.